The highest BCUT2D eigenvalue weighted by Gasteiger charge is 2.09. The Labute approximate surface area is 70.1 Å². The average Bonchev–Trinajstić information content (AvgIpc) is 2.34. The molecule has 0 aromatic carbocycles. The average molecular weight is 176 g/mol. The van der Waals surface area contributed by atoms with Gasteiger partial charge in [-0.05, 0) is 13.3 Å². The van der Waals surface area contributed by atoms with Gasteiger partial charge in [-0.25, -0.2) is 4.98 Å². The summed E-state index contributed by atoms with van der Waals surface area (Å²) in [6.07, 6.45) is 0.977. The first-order chi connectivity index (χ1) is 4.75. The first-order valence-electron chi connectivity index (χ1n) is 3.29. The minimum absolute atomic E-state index is 0.160. The van der Waals surface area contributed by atoms with Crippen molar-refractivity contribution in [2.75, 3.05) is 0 Å². The summed E-state index contributed by atoms with van der Waals surface area (Å²) in [7, 11) is 0. The van der Waals surface area contributed by atoms with Gasteiger partial charge in [-0.1, -0.05) is 6.92 Å². The van der Waals surface area contributed by atoms with Gasteiger partial charge in [0.25, 0.3) is 0 Å². The number of aromatic nitrogens is 1. The van der Waals surface area contributed by atoms with Crippen LogP contribution in [0.2, 0.25) is 0 Å². The summed E-state index contributed by atoms with van der Waals surface area (Å²) in [5.41, 5.74) is 2.92. The second-order valence-electron chi connectivity index (χ2n) is 2.18. The van der Waals surface area contributed by atoms with Gasteiger partial charge in [0.1, 0.15) is 0 Å². The van der Waals surface area contributed by atoms with Crippen molar-refractivity contribution >= 4 is 22.9 Å². The monoisotopic (exact) mass is 175 g/mol. The van der Waals surface area contributed by atoms with Gasteiger partial charge < -0.3 is 0 Å². The summed E-state index contributed by atoms with van der Waals surface area (Å²) in [5.74, 6) is 0. The van der Waals surface area contributed by atoms with Crippen LogP contribution in [0.1, 0.15) is 29.3 Å². The van der Waals surface area contributed by atoms with E-state index in [-0.39, 0.29) is 5.38 Å². The van der Waals surface area contributed by atoms with Gasteiger partial charge >= 0.3 is 0 Å². The molecule has 1 heterocycles. The highest BCUT2D eigenvalue weighted by molar-refractivity contribution is 7.10. The summed E-state index contributed by atoms with van der Waals surface area (Å²) in [5, 5.41) is 0.160. The maximum Gasteiger partial charge on any atom is 0.0798 e. The van der Waals surface area contributed by atoms with Crippen LogP contribution in [-0.2, 0) is 0 Å². The lowest BCUT2D eigenvalue weighted by atomic mass is 10.2. The summed E-state index contributed by atoms with van der Waals surface area (Å²) >= 11 is 7.65. The molecule has 0 bridgehead atoms. The first kappa shape index (κ1) is 8.02. The zero-order chi connectivity index (χ0) is 7.56. The Bertz CT molecular complexity index is 209. The van der Waals surface area contributed by atoms with E-state index in [0.717, 1.165) is 12.1 Å². The van der Waals surface area contributed by atoms with Crippen molar-refractivity contribution in [2.45, 2.75) is 25.6 Å². The molecule has 3 heteroatoms. The molecule has 10 heavy (non-hydrogen) atoms. The van der Waals surface area contributed by atoms with E-state index in [0.29, 0.717) is 0 Å². The Balaban J connectivity index is 2.82. The Morgan fingerprint density at radius 2 is 2.50 bits per heavy atom. The van der Waals surface area contributed by atoms with Gasteiger partial charge in [0.15, 0.2) is 0 Å². The van der Waals surface area contributed by atoms with E-state index in [4.69, 9.17) is 11.6 Å². The highest BCUT2D eigenvalue weighted by atomic mass is 35.5. The molecule has 0 aliphatic heterocycles. The van der Waals surface area contributed by atoms with Crippen LogP contribution in [0.4, 0.5) is 0 Å². The molecule has 0 radical (unpaired) electrons. The second-order valence-corrected chi connectivity index (χ2v) is 3.59. The lowest BCUT2D eigenvalue weighted by Gasteiger charge is -2.01. The molecule has 0 aliphatic rings. The molecule has 1 nitrogen and oxygen atoms in total. The molecule has 1 aromatic rings. The van der Waals surface area contributed by atoms with Crippen LogP contribution in [0.5, 0.6) is 0 Å². The van der Waals surface area contributed by atoms with Crippen molar-refractivity contribution in [1.82, 2.24) is 4.98 Å². The smallest absolute Gasteiger partial charge is 0.0798 e. The largest absolute Gasteiger partial charge is 0.250 e. The predicted octanol–water partition coefficient (Wildman–Crippen LogP) is 3.14. The second kappa shape index (κ2) is 3.35. The first-order valence-corrected chi connectivity index (χ1v) is 4.61. The van der Waals surface area contributed by atoms with Crippen molar-refractivity contribution in [3.05, 3.63) is 16.1 Å². The van der Waals surface area contributed by atoms with Crippen molar-refractivity contribution < 1.29 is 0 Å². The van der Waals surface area contributed by atoms with Gasteiger partial charge in [0.05, 0.1) is 16.6 Å². The lowest BCUT2D eigenvalue weighted by Crippen LogP contribution is -1.86. The third-order valence-electron chi connectivity index (χ3n) is 1.43. The van der Waals surface area contributed by atoms with Crippen LogP contribution < -0.4 is 0 Å². The number of thiazole rings is 1. The molecular weight excluding hydrogens is 166 g/mol. The normalized spacial score (nSPS) is 13.5. The number of halogens is 1. The molecule has 0 saturated heterocycles. The van der Waals surface area contributed by atoms with E-state index in [1.165, 1.54) is 4.88 Å². The van der Waals surface area contributed by atoms with Crippen molar-refractivity contribution in [3.8, 4) is 0 Å². The van der Waals surface area contributed by atoms with E-state index in [1.807, 2.05) is 12.4 Å². The molecule has 1 atom stereocenters. The predicted molar refractivity (Wildman–Crippen MR) is 45.7 cm³/mol. The van der Waals surface area contributed by atoms with Crippen LogP contribution >= 0.6 is 22.9 Å². The Kier molecular flexibility index (Phi) is 2.69. The van der Waals surface area contributed by atoms with Gasteiger partial charge in [-0.15, -0.1) is 22.9 Å². The third kappa shape index (κ3) is 1.50. The zero-order valence-corrected chi connectivity index (χ0v) is 7.67. The molecule has 1 rings (SSSR count). The lowest BCUT2D eigenvalue weighted by molar-refractivity contribution is 0.888. The minimum atomic E-state index is 0.160. The number of aryl methyl sites for hydroxylation is 1. The van der Waals surface area contributed by atoms with Crippen molar-refractivity contribution in [3.63, 3.8) is 0 Å². The van der Waals surface area contributed by atoms with Crippen molar-refractivity contribution in [1.29, 1.82) is 0 Å². The molecule has 0 amide bonds. The van der Waals surface area contributed by atoms with Crippen molar-refractivity contribution in [2.24, 2.45) is 0 Å². The SMILES string of the molecule is CCC(Cl)c1scnc1C. The minimum Gasteiger partial charge on any atom is -0.250 e. The van der Waals surface area contributed by atoms with E-state index in [1.54, 1.807) is 11.3 Å². The van der Waals surface area contributed by atoms with E-state index >= 15 is 0 Å². The molecule has 0 spiro atoms. The maximum absolute atomic E-state index is 6.01. The van der Waals surface area contributed by atoms with Gasteiger partial charge in [0, 0.05) is 4.88 Å². The molecule has 56 valence electrons. The fraction of sp³-hybridized carbons (Fsp3) is 0.571. The zero-order valence-electron chi connectivity index (χ0n) is 6.10. The quantitative estimate of drug-likeness (QED) is 0.630. The third-order valence-corrected chi connectivity index (χ3v) is 3.13. The Morgan fingerprint density at radius 1 is 1.80 bits per heavy atom. The summed E-state index contributed by atoms with van der Waals surface area (Å²) in [6.45, 7) is 4.08. The topological polar surface area (TPSA) is 12.9 Å². The highest BCUT2D eigenvalue weighted by Crippen LogP contribution is 2.29. The Hall–Kier alpha value is -0.0800. The fourth-order valence-corrected chi connectivity index (χ4v) is 1.97. The molecule has 1 aromatic heterocycles. The van der Waals surface area contributed by atoms with E-state index in [9.17, 15) is 0 Å². The number of nitrogens with zero attached hydrogens (tertiary/aromatic N) is 1. The van der Waals surface area contributed by atoms with E-state index in [2.05, 4.69) is 11.9 Å². The molecule has 0 N–H and O–H groups in total. The van der Waals surface area contributed by atoms with Gasteiger partial charge in [-0.3, -0.25) is 0 Å². The van der Waals surface area contributed by atoms with Crippen LogP contribution in [-0.4, -0.2) is 4.98 Å². The summed E-state index contributed by atoms with van der Waals surface area (Å²) in [4.78, 5) is 5.33. The van der Waals surface area contributed by atoms with E-state index < -0.39 is 0 Å². The number of rotatable bonds is 2. The molecular formula is C7H10ClNS. The standard InChI is InChI=1S/C7H10ClNS/c1-3-6(8)7-5(2)9-4-10-7/h4,6H,3H2,1-2H3. The number of hydrogen-bond acceptors (Lipinski definition) is 2. The molecule has 1 unspecified atom stereocenters. The van der Waals surface area contributed by atoms with Crippen LogP contribution in [0, 0.1) is 6.92 Å². The van der Waals surface area contributed by atoms with Gasteiger partial charge in [0.2, 0.25) is 0 Å². The fourth-order valence-electron chi connectivity index (χ4n) is 0.797. The van der Waals surface area contributed by atoms with Gasteiger partial charge in [-0.2, -0.15) is 0 Å². The van der Waals surface area contributed by atoms with Crippen LogP contribution in [0.3, 0.4) is 0 Å². The number of alkyl halides is 1. The Morgan fingerprint density at radius 3 is 2.90 bits per heavy atom. The number of hydrogen-bond donors (Lipinski definition) is 0. The molecule has 0 aliphatic carbocycles. The molecule has 0 saturated carbocycles. The summed E-state index contributed by atoms with van der Waals surface area (Å²) in [6, 6.07) is 0. The summed E-state index contributed by atoms with van der Waals surface area (Å²) < 4.78 is 0. The van der Waals surface area contributed by atoms with Crippen LogP contribution in [0.25, 0.3) is 0 Å². The molecule has 0 fully saturated rings. The maximum atomic E-state index is 6.01. The van der Waals surface area contributed by atoms with Crippen LogP contribution in [0.15, 0.2) is 5.51 Å².